The molecule has 0 radical (unpaired) electrons. The molecule has 0 amide bonds. The number of sulfonamides is 1. The average Bonchev–Trinajstić information content (AvgIpc) is 2.77. The Labute approximate surface area is 130 Å². The molecule has 2 N–H and O–H groups in total. The lowest BCUT2D eigenvalue weighted by Crippen LogP contribution is -2.34. The molecule has 0 saturated carbocycles. The van der Waals surface area contributed by atoms with Crippen molar-refractivity contribution in [3.8, 4) is 0 Å². The SMILES string of the molecule is Cc1ccccc1CS(=O)(=O)N[C@@H]1c2ccccc2C[C@@H]1O. The monoisotopic (exact) mass is 317 g/mol. The van der Waals surface area contributed by atoms with Crippen molar-refractivity contribution in [2.45, 2.75) is 31.2 Å². The van der Waals surface area contributed by atoms with Gasteiger partial charge < -0.3 is 5.11 Å². The zero-order valence-electron chi connectivity index (χ0n) is 12.4. The summed E-state index contributed by atoms with van der Waals surface area (Å²) in [7, 11) is -3.53. The minimum absolute atomic E-state index is 0.0783. The number of aliphatic hydroxyl groups is 1. The van der Waals surface area contributed by atoms with Crippen molar-refractivity contribution in [3.05, 3.63) is 70.8 Å². The second kappa shape index (κ2) is 5.83. The second-order valence-electron chi connectivity index (χ2n) is 5.75. The van der Waals surface area contributed by atoms with Crippen molar-refractivity contribution in [2.75, 3.05) is 0 Å². The molecule has 0 heterocycles. The first kappa shape index (κ1) is 15.2. The van der Waals surface area contributed by atoms with E-state index in [4.69, 9.17) is 0 Å². The van der Waals surface area contributed by atoms with E-state index in [1.165, 1.54) is 0 Å². The van der Waals surface area contributed by atoms with Gasteiger partial charge in [0.25, 0.3) is 0 Å². The van der Waals surface area contributed by atoms with Gasteiger partial charge in [0.15, 0.2) is 0 Å². The summed E-state index contributed by atoms with van der Waals surface area (Å²) in [5, 5.41) is 10.2. The van der Waals surface area contributed by atoms with Crippen LogP contribution >= 0.6 is 0 Å². The summed E-state index contributed by atoms with van der Waals surface area (Å²) in [4.78, 5) is 0. The molecule has 0 spiro atoms. The topological polar surface area (TPSA) is 66.4 Å². The van der Waals surface area contributed by atoms with E-state index in [-0.39, 0.29) is 5.75 Å². The molecule has 3 rings (SSSR count). The van der Waals surface area contributed by atoms with Crippen molar-refractivity contribution in [1.82, 2.24) is 4.72 Å². The summed E-state index contributed by atoms with van der Waals surface area (Å²) >= 11 is 0. The fourth-order valence-electron chi connectivity index (χ4n) is 2.93. The normalized spacial score (nSPS) is 20.8. The number of hydrogen-bond acceptors (Lipinski definition) is 3. The zero-order valence-corrected chi connectivity index (χ0v) is 13.2. The summed E-state index contributed by atoms with van der Waals surface area (Å²) in [6, 6.07) is 14.4. The molecule has 0 aliphatic heterocycles. The van der Waals surface area contributed by atoms with E-state index in [0.29, 0.717) is 6.42 Å². The number of aryl methyl sites for hydroxylation is 1. The highest BCUT2D eigenvalue weighted by Crippen LogP contribution is 2.32. The molecule has 2 aromatic carbocycles. The van der Waals surface area contributed by atoms with Gasteiger partial charge in [-0.1, -0.05) is 48.5 Å². The molecule has 2 atom stereocenters. The van der Waals surface area contributed by atoms with Gasteiger partial charge >= 0.3 is 0 Å². The summed E-state index contributed by atoms with van der Waals surface area (Å²) in [5.41, 5.74) is 3.58. The minimum atomic E-state index is -3.53. The van der Waals surface area contributed by atoms with Crippen LogP contribution < -0.4 is 4.72 Å². The van der Waals surface area contributed by atoms with E-state index < -0.39 is 22.2 Å². The summed E-state index contributed by atoms with van der Waals surface area (Å²) < 4.78 is 27.5. The molecule has 0 aromatic heterocycles. The quantitative estimate of drug-likeness (QED) is 0.907. The second-order valence-corrected chi connectivity index (χ2v) is 7.51. The predicted octanol–water partition coefficient (Wildman–Crippen LogP) is 2.07. The van der Waals surface area contributed by atoms with Gasteiger partial charge in [0.05, 0.1) is 17.9 Å². The third-order valence-corrected chi connectivity index (χ3v) is 5.42. The molecule has 116 valence electrons. The zero-order chi connectivity index (χ0) is 15.7. The number of nitrogens with one attached hydrogen (secondary N) is 1. The molecule has 0 fully saturated rings. The van der Waals surface area contributed by atoms with Crippen molar-refractivity contribution in [3.63, 3.8) is 0 Å². The highest BCUT2D eigenvalue weighted by atomic mass is 32.2. The smallest absolute Gasteiger partial charge is 0.216 e. The van der Waals surface area contributed by atoms with Crippen LogP contribution in [0.1, 0.15) is 28.3 Å². The Morgan fingerprint density at radius 2 is 1.82 bits per heavy atom. The number of hydrogen-bond donors (Lipinski definition) is 2. The number of benzene rings is 2. The maximum atomic E-state index is 12.4. The first-order chi connectivity index (χ1) is 10.5. The van der Waals surface area contributed by atoms with Crippen LogP contribution in [0.25, 0.3) is 0 Å². The van der Waals surface area contributed by atoms with E-state index in [2.05, 4.69) is 4.72 Å². The first-order valence-electron chi connectivity index (χ1n) is 7.27. The Kier molecular flexibility index (Phi) is 4.04. The van der Waals surface area contributed by atoms with Crippen LogP contribution in [-0.4, -0.2) is 19.6 Å². The van der Waals surface area contributed by atoms with Gasteiger partial charge in [-0.25, -0.2) is 13.1 Å². The fourth-order valence-corrected chi connectivity index (χ4v) is 4.42. The third kappa shape index (κ3) is 3.06. The van der Waals surface area contributed by atoms with Crippen LogP contribution in [0.4, 0.5) is 0 Å². The number of fused-ring (bicyclic) bond motifs is 1. The third-order valence-electron chi connectivity index (χ3n) is 4.12. The average molecular weight is 317 g/mol. The summed E-state index contributed by atoms with van der Waals surface area (Å²) in [6.07, 6.45) is -0.239. The van der Waals surface area contributed by atoms with Gasteiger partial charge in [0, 0.05) is 6.42 Å². The summed E-state index contributed by atoms with van der Waals surface area (Å²) in [6.45, 7) is 1.89. The van der Waals surface area contributed by atoms with Crippen LogP contribution in [0.3, 0.4) is 0 Å². The molecular formula is C17H19NO3S. The van der Waals surface area contributed by atoms with Crippen LogP contribution in [0.5, 0.6) is 0 Å². The first-order valence-corrected chi connectivity index (χ1v) is 8.92. The molecule has 5 heteroatoms. The molecule has 4 nitrogen and oxygen atoms in total. The Hall–Kier alpha value is -1.69. The Bertz CT molecular complexity index is 786. The molecule has 1 aliphatic rings. The van der Waals surface area contributed by atoms with Gasteiger partial charge in [0.1, 0.15) is 0 Å². The van der Waals surface area contributed by atoms with Crippen LogP contribution in [0, 0.1) is 6.92 Å². The van der Waals surface area contributed by atoms with Gasteiger partial charge in [-0.3, -0.25) is 0 Å². The molecule has 2 aromatic rings. The van der Waals surface area contributed by atoms with Crippen LogP contribution in [0.15, 0.2) is 48.5 Å². The molecule has 0 bridgehead atoms. The Balaban J connectivity index is 1.82. The predicted molar refractivity (Wildman–Crippen MR) is 85.8 cm³/mol. The standard InChI is InChI=1S/C17H19NO3S/c1-12-6-2-3-8-14(12)11-22(20,21)18-17-15-9-5-4-7-13(15)10-16(17)19/h2-9,16-19H,10-11H2,1H3/t16-,17+/m0/s1. The van der Waals surface area contributed by atoms with E-state index >= 15 is 0 Å². The van der Waals surface area contributed by atoms with Gasteiger partial charge in [-0.2, -0.15) is 0 Å². The highest BCUT2D eigenvalue weighted by molar-refractivity contribution is 7.88. The number of rotatable bonds is 4. The van der Waals surface area contributed by atoms with Crippen LogP contribution in [-0.2, 0) is 22.2 Å². The van der Waals surface area contributed by atoms with E-state index in [9.17, 15) is 13.5 Å². The molecule has 22 heavy (non-hydrogen) atoms. The van der Waals surface area contributed by atoms with Crippen LogP contribution in [0.2, 0.25) is 0 Å². The maximum Gasteiger partial charge on any atom is 0.216 e. The van der Waals surface area contributed by atoms with Crippen molar-refractivity contribution >= 4 is 10.0 Å². The Morgan fingerprint density at radius 1 is 1.14 bits per heavy atom. The molecule has 0 unspecified atom stereocenters. The minimum Gasteiger partial charge on any atom is -0.391 e. The molecule has 1 aliphatic carbocycles. The van der Waals surface area contributed by atoms with Gasteiger partial charge in [0.2, 0.25) is 10.0 Å². The molecular weight excluding hydrogens is 298 g/mol. The lowest BCUT2D eigenvalue weighted by molar-refractivity contribution is 0.151. The van der Waals surface area contributed by atoms with Gasteiger partial charge in [-0.05, 0) is 29.2 Å². The summed E-state index contributed by atoms with van der Waals surface area (Å²) in [5.74, 6) is -0.0783. The van der Waals surface area contributed by atoms with Crippen molar-refractivity contribution in [1.29, 1.82) is 0 Å². The van der Waals surface area contributed by atoms with Crippen molar-refractivity contribution in [2.24, 2.45) is 0 Å². The van der Waals surface area contributed by atoms with E-state index in [1.807, 2.05) is 55.5 Å². The van der Waals surface area contributed by atoms with Gasteiger partial charge in [-0.15, -0.1) is 0 Å². The van der Waals surface area contributed by atoms with Crippen molar-refractivity contribution < 1.29 is 13.5 Å². The maximum absolute atomic E-state index is 12.4. The highest BCUT2D eigenvalue weighted by Gasteiger charge is 2.33. The Morgan fingerprint density at radius 3 is 2.59 bits per heavy atom. The molecule has 0 saturated heterocycles. The fraction of sp³-hybridized carbons (Fsp3) is 0.294. The lowest BCUT2D eigenvalue weighted by atomic mass is 10.1. The lowest BCUT2D eigenvalue weighted by Gasteiger charge is -2.18. The number of aliphatic hydroxyl groups excluding tert-OH is 1. The van der Waals surface area contributed by atoms with E-state index in [0.717, 1.165) is 22.3 Å². The largest absolute Gasteiger partial charge is 0.391 e. The van der Waals surface area contributed by atoms with E-state index in [1.54, 1.807) is 0 Å².